The normalized spacial score (nSPS) is 28.7. The van der Waals surface area contributed by atoms with Crippen LogP contribution in [0.15, 0.2) is 0 Å². The Morgan fingerprint density at radius 1 is 1.19 bits per heavy atom. The SMILES string of the molecule is CCN1CCCC1CNCC1CCOCC1. The van der Waals surface area contributed by atoms with Crippen molar-refractivity contribution in [2.45, 2.75) is 38.6 Å². The molecular formula is C13H26N2O. The summed E-state index contributed by atoms with van der Waals surface area (Å²) in [5, 5.41) is 3.66. The van der Waals surface area contributed by atoms with Crippen molar-refractivity contribution < 1.29 is 4.74 Å². The largest absolute Gasteiger partial charge is 0.381 e. The van der Waals surface area contributed by atoms with E-state index < -0.39 is 0 Å². The molecular weight excluding hydrogens is 200 g/mol. The summed E-state index contributed by atoms with van der Waals surface area (Å²) < 4.78 is 5.38. The van der Waals surface area contributed by atoms with Gasteiger partial charge in [0.25, 0.3) is 0 Å². The molecule has 3 nitrogen and oxygen atoms in total. The first-order chi connectivity index (χ1) is 7.90. The molecule has 0 aromatic rings. The summed E-state index contributed by atoms with van der Waals surface area (Å²) >= 11 is 0. The molecule has 2 aliphatic heterocycles. The Kier molecular flexibility index (Phi) is 5.07. The van der Waals surface area contributed by atoms with Crippen LogP contribution in [0.5, 0.6) is 0 Å². The van der Waals surface area contributed by atoms with Crippen LogP contribution < -0.4 is 5.32 Å². The minimum Gasteiger partial charge on any atom is -0.381 e. The van der Waals surface area contributed by atoms with E-state index >= 15 is 0 Å². The molecule has 0 amide bonds. The van der Waals surface area contributed by atoms with Gasteiger partial charge in [-0.3, -0.25) is 4.90 Å². The van der Waals surface area contributed by atoms with Crippen LogP contribution in [0.25, 0.3) is 0 Å². The van der Waals surface area contributed by atoms with Gasteiger partial charge in [0.1, 0.15) is 0 Å². The summed E-state index contributed by atoms with van der Waals surface area (Å²) in [5.41, 5.74) is 0. The van der Waals surface area contributed by atoms with Crippen LogP contribution in [0.1, 0.15) is 32.6 Å². The predicted molar refractivity (Wildman–Crippen MR) is 66.7 cm³/mol. The van der Waals surface area contributed by atoms with Crippen LogP contribution >= 0.6 is 0 Å². The van der Waals surface area contributed by atoms with E-state index in [1.165, 1.54) is 51.9 Å². The van der Waals surface area contributed by atoms with Crippen molar-refractivity contribution in [3.63, 3.8) is 0 Å². The summed E-state index contributed by atoms with van der Waals surface area (Å²) in [5.74, 6) is 0.852. The molecule has 0 aliphatic carbocycles. The minimum absolute atomic E-state index is 0.796. The summed E-state index contributed by atoms with van der Waals surface area (Å²) in [6, 6.07) is 0.796. The van der Waals surface area contributed by atoms with Crippen LogP contribution in [-0.4, -0.2) is 50.3 Å². The molecule has 0 bridgehead atoms. The molecule has 0 aromatic carbocycles. The molecule has 0 spiro atoms. The zero-order valence-corrected chi connectivity index (χ0v) is 10.6. The average Bonchev–Trinajstić information content (AvgIpc) is 2.78. The Balaban J connectivity index is 1.59. The van der Waals surface area contributed by atoms with E-state index in [-0.39, 0.29) is 0 Å². The highest BCUT2D eigenvalue weighted by Crippen LogP contribution is 2.16. The number of nitrogens with zero attached hydrogens (tertiary/aromatic N) is 1. The number of likely N-dealkylation sites (tertiary alicyclic amines) is 1. The standard InChI is InChI=1S/C13H26N2O/c1-2-15-7-3-4-13(15)11-14-10-12-5-8-16-9-6-12/h12-14H,2-11H2,1H3. The smallest absolute Gasteiger partial charge is 0.0469 e. The molecule has 2 aliphatic rings. The molecule has 2 saturated heterocycles. The van der Waals surface area contributed by atoms with E-state index in [1.807, 2.05) is 0 Å². The van der Waals surface area contributed by atoms with Gasteiger partial charge < -0.3 is 10.1 Å². The van der Waals surface area contributed by atoms with E-state index in [0.717, 1.165) is 25.2 Å². The summed E-state index contributed by atoms with van der Waals surface area (Å²) in [6.45, 7) is 9.11. The maximum Gasteiger partial charge on any atom is 0.0469 e. The molecule has 0 aromatic heterocycles. The van der Waals surface area contributed by atoms with Gasteiger partial charge in [0.2, 0.25) is 0 Å². The van der Waals surface area contributed by atoms with Crippen molar-refractivity contribution in [2.75, 3.05) is 39.4 Å². The van der Waals surface area contributed by atoms with Crippen molar-refractivity contribution in [1.29, 1.82) is 0 Å². The third kappa shape index (κ3) is 3.44. The first kappa shape index (κ1) is 12.3. The molecule has 1 unspecified atom stereocenters. The fraction of sp³-hybridized carbons (Fsp3) is 1.00. The monoisotopic (exact) mass is 226 g/mol. The lowest BCUT2D eigenvalue weighted by atomic mass is 10.0. The van der Waals surface area contributed by atoms with Crippen LogP contribution in [0.4, 0.5) is 0 Å². The third-order valence-corrected chi connectivity index (χ3v) is 4.06. The number of likely N-dealkylation sites (N-methyl/N-ethyl adjacent to an activating group) is 1. The first-order valence-corrected chi connectivity index (χ1v) is 6.92. The van der Waals surface area contributed by atoms with Crippen molar-refractivity contribution in [3.8, 4) is 0 Å². The van der Waals surface area contributed by atoms with Gasteiger partial charge in [-0.2, -0.15) is 0 Å². The van der Waals surface area contributed by atoms with Crippen molar-refractivity contribution in [3.05, 3.63) is 0 Å². The lowest BCUT2D eigenvalue weighted by Gasteiger charge is -2.26. The maximum atomic E-state index is 5.38. The van der Waals surface area contributed by atoms with Gasteiger partial charge in [-0.1, -0.05) is 6.92 Å². The van der Waals surface area contributed by atoms with Gasteiger partial charge in [0, 0.05) is 25.8 Å². The highest BCUT2D eigenvalue weighted by molar-refractivity contribution is 4.80. The van der Waals surface area contributed by atoms with Crippen LogP contribution in [0, 0.1) is 5.92 Å². The number of rotatable bonds is 5. The Morgan fingerprint density at radius 2 is 2.00 bits per heavy atom. The molecule has 2 rings (SSSR count). The molecule has 0 saturated carbocycles. The second-order valence-electron chi connectivity index (χ2n) is 5.14. The predicted octanol–water partition coefficient (Wildman–Crippen LogP) is 1.49. The van der Waals surface area contributed by atoms with E-state index in [0.29, 0.717) is 0 Å². The van der Waals surface area contributed by atoms with E-state index in [2.05, 4.69) is 17.1 Å². The van der Waals surface area contributed by atoms with Crippen LogP contribution in [0.3, 0.4) is 0 Å². The highest BCUT2D eigenvalue weighted by atomic mass is 16.5. The molecule has 1 N–H and O–H groups in total. The van der Waals surface area contributed by atoms with Crippen molar-refractivity contribution in [1.82, 2.24) is 10.2 Å². The molecule has 2 fully saturated rings. The Labute approximate surface area is 99.5 Å². The average molecular weight is 226 g/mol. The maximum absolute atomic E-state index is 5.38. The Morgan fingerprint density at radius 3 is 2.75 bits per heavy atom. The number of ether oxygens (including phenoxy) is 1. The van der Waals surface area contributed by atoms with Crippen molar-refractivity contribution >= 4 is 0 Å². The Hall–Kier alpha value is -0.120. The molecule has 1 atom stereocenters. The number of hydrogen-bond acceptors (Lipinski definition) is 3. The summed E-state index contributed by atoms with van der Waals surface area (Å²) in [7, 11) is 0. The minimum atomic E-state index is 0.796. The third-order valence-electron chi connectivity index (χ3n) is 4.06. The molecule has 94 valence electrons. The Bertz CT molecular complexity index is 192. The fourth-order valence-corrected chi connectivity index (χ4v) is 2.95. The first-order valence-electron chi connectivity index (χ1n) is 6.92. The molecule has 2 heterocycles. The highest BCUT2D eigenvalue weighted by Gasteiger charge is 2.22. The zero-order valence-electron chi connectivity index (χ0n) is 10.6. The van der Waals surface area contributed by atoms with Gasteiger partial charge in [0.15, 0.2) is 0 Å². The van der Waals surface area contributed by atoms with Gasteiger partial charge in [-0.15, -0.1) is 0 Å². The second kappa shape index (κ2) is 6.58. The quantitative estimate of drug-likeness (QED) is 0.768. The fourth-order valence-electron chi connectivity index (χ4n) is 2.95. The van der Waals surface area contributed by atoms with Crippen molar-refractivity contribution in [2.24, 2.45) is 5.92 Å². The van der Waals surface area contributed by atoms with E-state index in [4.69, 9.17) is 4.74 Å². The van der Waals surface area contributed by atoms with Gasteiger partial charge in [-0.25, -0.2) is 0 Å². The second-order valence-corrected chi connectivity index (χ2v) is 5.14. The van der Waals surface area contributed by atoms with E-state index in [9.17, 15) is 0 Å². The van der Waals surface area contributed by atoms with E-state index in [1.54, 1.807) is 0 Å². The van der Waals surface area contributed by atoms with Gasteiger partial charge >= 0.3 is 0 Å². The lowest BCUT2D eigenvalue weighted by molar-refractivity contribution is 0.0658. The van der Waals surface area contributed by atoms with Crippen LogP contribution in [-0.2, 0) is 4.74 Å². The van der Waals surface area contributed by atoms with Gasteiger partial charge in [0.05, 0.1) is 0 Å². The summed E-state index contributed by atoms with van der Waals surface area (Å²) in [4.78, 5) is 2.61. The number of hydrogen-bond donors (Lipinski definition) is 1. The molecule has 0 radical (unpaired) electrons. The van der Waals surface area contributed by atoms with Crippen LogP contribution in [0.2, 0.25) is 0 Å². The topological polar surface area (TPSA) is 24.5 Å². The lowest BCUT2D eigenvalue weighted by Crippen LogP contribution is -2.39. The molecule has 3 heteroatoms. The number of nitrogens with one attached hydrogen (secondary N) is 1. The van der Waals surface area contributed by atoms with Gasteiger partial charge in [-0.05, 0) is 51.2 Å². The zero-order chi connectivity index (χ0) is 11.2. The molecule has 16 heavy (non-hydrogen) atoms. The summed E-state index contributed by atoms with van der Waals surface area (Å²) in [6.07, 6.45) is 5.26.